The highest BCUT2D eigenvalue weighted by Gasteiger charge is 2.43. The van der Waals surface area contributed by atoms with Crippen LogP contribution in [0.3, 0.4) is 0 Å². The molecular formula is C19H25NO4. The summed E-state index contributed by atoms with van der Waals surface area (Å²) < 4.78 is 13.3. The predicted octanol–water partition coefficient (Wildman–Crippen LogP) is 3.66. The van der Waals surface area contributed by atoms with Crippen molar-refractivity contribution in [1.29, 1.82) is 0 Å². The Morgan fingerprint density at radius 3 is 2.88 bits per heavy atom. The number of unbranched alkanes of at least 4 members (excludes halogenated alkanes) is 1. The third kappa shape index (κ3) is 3.47. The Balaban J connectivity index is 1.46. The quantitative estimate of drug-likeness (QED) is 0.821. The Kier molecular flexibility index (Phi) is 4.92. The topological polar surface area (TPSA) is 60.7 Å². The summed E-state index contributed by atoms with van der Waals surface area (Å²) in [4.78, 5) is 11.2. The third-order valence-electron chi connectivity index (χ3n) is 4.94. The van der Waals surface area contributed by atoms with Gasteiger partial charge in [0, 0.05) is 31.1 Å². The zero-order valence-corrected chi connectivity index (χ0v) is 14.3. The fraction of sp³-hybridized carbons (Fsp3) is 0.526. The van der Waals surface area contributed by atoms with Crippen LogP contribution in [-0.2, 0) is 20.8 Å². The average Bonchev–Trinajstić information content (AvgIpc) is 2.96. The van der Waals surface area contributed by atoms with Crippen molar-refractivity contribution in [2.24, 2.45) is 5.92 Å². The Morgan fingerprint density at radius 1 is 1.33 bits per heavy atom. The SMILES string of the molecule is CC1OC(C)(C(=O)O)OCC1CCCCn1ccc2ccccc21. The second-order valence-electron chi connectivity index (χ2n) is 6.71. The van der Waals surface area contributed by atoms with Gasteiger partial charge in [0.2, 0.25) is 0 Å². The molecule has 5 nitrogen and oxygen atoms in total. The molecule has 1 N–H and O–H groups in total. The molecule has 130 valence electrons. The van der Waals surface area contributed by atoms with E-state index in [1.165, 1.54) is 17.8 Å². The van der Waals surface area contributed by atoms with E-state index < -0.39 is 11.8 Å². The van der Waals surface area contributed by atoms with Gasteiger partial charge in [-0.2, -0.15) is 0 Å². The van der Waals surface area contributed by atoms with Crippen LogP contribution in [0.15, 0.2) is 36.5 Å². The molecule has 0 bridgehead atoms. The molecule has 1 aliphatic heterocycles. The van der Waals surface area contributed by atoms with Gasteiger partial charge in [0.25, 0.3) is 5.79 Å². The van der Waals surface area contributed by atoms with E-state index in [9.17, 15) is 4.79 Å². The minimum atomic E-state index is -1.50. The van der Waals surface area contributed by atoms with Crippen LogP contribution in [0, 0.1) is 5.92 Å². The summed E-state index contributed by atoms with van der Waals surface area (Å²) in [7, 11) is 0. The van der Waals surface area contributed by atoms with Crippen LogP contribution in [-0.4, -0.2) is 34.1 Å². The van der Waals surface area contributed by atoms with Crippen molar-refractivity contribution in [3.8, 4) is 0 Å². The monoisotopic (exact) mass is 331 g/mol. The third-order valence-corrected chi connectivity index (χ3v) is 4.94. The number of hydrogen-bond donors (Lipinski definition) is 1. The number of aliphatic carboxylic acids is 1. The fourth-order valence-corrected chi connectivity index (χ4v) is 3.34. The van der Waals surface area contributed by atoms with Crippen LogP contribution in [0.25, 0.3) is 10.9 Å². The first kappa shape index (κ1) is 17.0. The van der Waals surface area contributed by atoms with Crippen molar-refractivity contribution >= 4 is 16.9 Å². The molecule has 1 fully saturated rings. The fourth-order valence-electron chi connectivity index (χ4n) is 3.34. The van der Waals surface area contributed by atoms with Crippen LogP contribution in [0.5, 0.6) is 0 Å². The van der Waals surface area contributed by atoms with Gasteiger partial charge < -0.3 is 19.1 Å². The normalized spacial score (nSPS) is 27.4. The Bertz CT molecular complexity index is 710. The number of carbonyl (C=O) groups is 1. The number of ether oxygens (including phenoxy) is 2. The number of rotatable bonds is 6. The lowest BCUT2D eigenvalue weighted by Crippen LogP contribution is -2.51. The number of benzene rings is 1. The van der Waals surface area contributed by atoms with Gasteiger partial charge in [-0.15, -0.1) is 0 Å². The minimum Gasteiger partial charge on any atom is -0.477 e. The maximum Gasteiger partial charge on any atom is 0.364 e. The Hall–Kier alpha value is -1.85. The van der Waals surface area contributed by atoms with E-state index in [1.807, 2.05) is 6.92 Å². The van der Waals surface area contributed by atoms with Gasteiger partial charge in [-0.05, 0) is 37.3 Å². The van der Waals surface area contributed by atoms with Crippen molar-refractivity contribution in [2.75, 3.05) is 6.61 Å². The first-order valence-electron chi connectivity index (χ1n) is 8.58. The summed E-state index contributed by atoms with van der Waals surface area (Å²) in [5, 5.41) is 10.4. The lowest BCUT2D eigenvalue weighted by molar-refractivity contribution is -0.292. The van der Waals surface area contributed by atoms with E-state index in [0.29, 0.717) is 6.61 Å². The number of carboxylic acid groups (broad SMARTS) is 1. The van der Waals surface area contributed by atoms with Crippen LogP contribution >= 0.6 is 0 Å². The van der Waals surface area contributed by atoms with Crippen LogP contribution in [0.2, 0.25) is 0 Å². The van der Waals surface area contributed by atoms with Gasteiger partial charge in [-0.25, -0.2) is 4.79 Å². The number of para-hydroxylation sites is 1. The maximum absolute atomic E-state index is 11.2. The highest BCUT2D eigenvalue weighted by molar-refractivity contribution is 5.79. The van der Waals surface area contributed by atoms with Gasteiger partial charge in [0.05, 0.1) is 12.7 Å². The molecule has 24 heavy (non-hydrogen) atoms. The number of aromatic nitrogens is 1. The Labute approximate surface area is 142 Å². The molecule has 0 saturated carbocycles. The van der Waals surface area contributed by atoms with E-state index in [-0.39, 0.29) is 12.0 Å². The van der Waals surface area contributed by atoms with Crippen molar-refractivity contribution < 1.29 is 19.4 Å². The zero-order chi connectivity index (χ0) is 17.2. The molecule has 3 atom stereocenters. The summed E-state index contributed by atoms with van der Waals surface area (Å²) in [6, 6.07) is 10.5. The summed E-state index contributed by atoms with van der Waals surface area (Å²) in [5.74, 6) is -2.31. The molecule has 0 amide bonds. The molecule has 1 aromatic heterocycles. The second-order valence-corrected chi connectivity index (χ2v) is 6.71. The van der Waals surface area contributed by atoms with Gasteiger partial charge in [-0.3, -0.25) is 0 Å². The summed E-state index contributed by atoms with van der Waals surface area (Å²) in [5.41, 5.74) is 1.27. The first-order valence-corrected chi connectivity index (χ1v) is 8.58. The van der Waals surface area contributed by atoms with Gasteiger partial charge >= 0.3 is 5.97 Å². The molecule has 0 radical (unpaired) electrons. The summed E-state index contributed by atoms with van der Waals surface area (Å²) in [6.45, 7) is 4.84. The molecule has 3 rings (SSSR count). The number of carboxylic acids is 1. The first-order chi connectivity index (χ1) is 11.5. The van der Waals surface area contributed by atoms with Crippen LogP contribution in [0.1, 0.15) is 33.1 Å². The Morgan fingerprint density at radius 2 is 2.12 bits per heavy atom. The number of aryl methyl sites for hydroxylation is 1. The summed E-state index contributed by atoms with van der Waals surface area (Å²) in [6.07, 6.45) is 5.16. The predicted molar refractivity (Wildman–Crippen MR) is 91.8 cm³/mol. The molecular weight excluding hydrogens is 306 g/mol. The molecule has 5 heteroatoms. The van der Waals surface area contributed by atoms with Gasteiger partial charge in [0.1, 0.15) is 0 Å². The minimum absolute atomic E-state index is 0.104. The average molecular weight is 331 g/mol. The van der Waals surface area contributed by atoms with Crippen LogP contribution in [0.4, 0.5) is 0 Å². The van der Waals surface area contributed by atoms with E-state index in [4.69, 9.17) is 14.6 Å². The molecule has 1 saturated heterocycles. The van der Waals surface area contributed by atoms with Crippen molar-refractivity contribution in [3.63, 3.8) is 0 Å². The van der Waals surface area contributed by atoms with E-state index in [2.05, 4.69) is 41.1 Å². The zero-order valence-electron chi connectivity index (χ0n) is 14.3. The number of hydrogen-bond acceptors (Lipinski definition) is 3. The van der Waals surface area contributed by atoms with E-state index in [1.54, 1.807) is 0 Å². The highest BCUT2D eigenvalue weighted by atomic mass is 16.7. The molecule has 2 aromatic rings. The largest absolute Gasteiger partial charge is 0.477 e. The second kappa shape index (κ2) is 6.95. The van der Waals surface area contributed by atoms with Crippen LogP contribution < -0.4 is 0 Å². The van der Waals surface area contributed by atoms with Crippen molar-refractivity contribution in [3.05, 3.63) is 36.5 Å². The molecule has 1 aromatic carbocycles. The van der Waals surface area contributed by atoms with E-state index >= 15 is 0 Å². The molecule has 1 aliphatic rings. The summed E-state index contributed by atoms with van der Waals surface area (Å²) >= 11 is 0. The molecule has 0 spiro atoms. The lowest BCUT2D eigenvalue weighted by atomic mass is 9.96. The van der Waals surface area contributed by atoms with Gasteiger partial charge in [-0.1, -0.05) is 24.6 Å². The molecule has 0 aliphatic carbocycles. The number of fused-ring (bicyclic) bond motifs is 1. The molecule has 2 heterocycles. The van der Waals surface area contributed by atoms with E-state index in [0.717, 1.165) is 25.8 Å². The van der Waals surface area contributed by atoms with Gasteiger partial charge in [0.15, 0.2) is 0 Å². The smallest absolute Gasteiger partial charge is 0.364 e. The van der Waals surface area contributed by atoms with Crippen molar-refractivity contribution in [2.45, 2.75) is 51.5 Å². The number of nitrogens with zero attached hydrogens (tertiary/aromatic N) is 1. The van der Waals surface area contributed by atoms with Crippen molar-refractivity contribution in [1.82, 2.24) is 4.57 Å². The molecule has 3 unspecified atom stereocenters. The maximum atomic E-state index is 11.2. The lowest BCUT2D eigenvalue weighted by Gasteiger charge is -2.39. The standard InChI is InChI=1S/C19H25NO4/c1-14-16(13-23-19(2,24-14)18(21)22)8-5-6-11-20-12-10-15-7-3-4-9-17(15)20/h3-4,7,9-10,12,14,16H,5-6,8,11,13H2,1-2H3,(H,21,22). The highest BCUT2D eigenvalue weighted by Crippen LogP contribution is 2.29.